The van der Waals surface area contributed by atoms with Crippen molar-refractivity contribution in [2.75, 3.05) is 32.4 Å². The van der Waals surface area contributed by atoms with E-state index in [1.165, 1.54) is 11.5 Å². The Morgan fingerprint density at radius 3 is 2.93 bits per heavy atom. The lowest BCUT2D eigenvalue weighted by molar-refractivity contribution is 0.0929. The summed E-state index contributed by atoms with van der Waals surface area (Å²) in [5.74, 6) is 0. The molecule has 2 heterocycles. The molecule has 6 heteroatoms. The van der Waals surface area contributed by atoms with Gasteiger partial charge in [-0.25, -0.2) is 0 Å². The largest absolute Gasteiger partial charge is 0.388 e. The van der Waals surface area contributed by atoms with Crippen molar-refractivity contribution >= 4 is 16.5 Å². The molecular formula is C9H17N5S. The molecule has 0 aliphatic carbocycles. The second-order valence-corrected chi connectivity index (χ2v) is 4.95. The van der Waals surface area contributed by atoms with Crippen molar-refractivity contribution in [2.45, 2.75) is 19.5 Å². The van der Waals surface area contributed by atoms with Gasteiger partial charge >= 0.3 is 0 Å². The predicted octanol–water partition coefficient (Wildman–Crippen LogP) is 0.256. The molecule has 2 N–H and O–H groups in total. The summed E-state index contributed by atoms with van der Waals surface area (Å²) < 4.78 is 3.86. The van der Waals surface area contributed by atoms with Crippen LogP contribution in [0, 0.1) is 0 Å². The fourth-order valence-electron chi connectivity index (χ4n) is 1.93. The fourth-order valence-corrected chi connectivity index (χ4v) is 2.37. The van der Waals surface area contributed by atoms with Crippen LogP contribution in [0.4, 0.5) is 5.00 Å². The summed E-state index contributed by atoms with van der Waals surface area (Å²) >= 11 is 1.27. The molecule has 0 amide bonds. The molecule has 5 nitrogen and oxygen atoms in total. The van der Waals surface area contributed by atoms with Crippen LogP contribution in [0.5, 0.6) is 0 Å². The standard InChI is InChI=1S/C9H17N5S/c1-7-5-13(2)3-4-14(7)6-8-9(10)15-12-11-8/h7H,3-6,10H2,1-2H3. The van der Waals surface area contributed by atoms with Gasteiger partial charge in [-0.05, 0) is 14.0 Å². The van der Waals surface area contributed by atoms with Crippen molar-refractivity contribution in [3.8, 4) is 0 Å². The normalized spacial score (nSPS) is 24.5. The van der Waals surface area contributed by atoms with E-state index in [-0.39, 0.29) is 0 Å². The van der Waals surface area contributed by atoms with Crippen molar-refractivity contribution in [2.24, 2.45) is 0 Å². The lowest BCUT2D eigenvalue weighted by Gasteiger charge is -2.37. The second-order valence-electron chi connectivity index (χ2n) is 4.17. The molecule has 84 valence electrons. The Morgan fingerprint density at radius 1 is 1.53 bits per heavy atom. The molecule has 1 aromatic rings. The molecule has 0 aromatic carbocycles. The number of piperazine rings is 1. The summed E-state index contributed by atoms with van der Waals surface area (Å²) in [5, 5.41) is 4.80. The Labute approximate surface area is 94.0 Å². The third kappa shape index (κ3) is 2.45. The average Bonchev–Trinajstić information content (AvgIpc) is 2.57. The van der Waals surface area contributed by atoms with E-state index in [0.717, 1.165) is 36.9 Å². The fraction of sp³-hybridized carbons (Fsp3) is 0.778. The molecule has 0 bridgehead atoms. The molecule has 1 saturated heterocycles. The van der Waals surface area contributed by atoms with Gasteiger partial charge in [0.25, 0.3) is 0 Å². The zero-order valence-electron chi connectivity index (χ0n) is 9.18. The highest BCUT2D eigenvalue weighted by Gasteiger charge is 2.22. The molecule has 1 fully saturated rings. The van der Waals surface area contributed by atoms with Crippen LogP contribution in [0.2, 0.25) is 0 Å². The van der Waals surface area contributed by atoms with Gasteiger partial charge in [0.2, 0.25) is 0 Å². The molecule has 1 aliphatic rings. The lowest BCUT2D eigenvalue weighted by atomic mass is 10.2. The summed E-state index contributed by atoms with van der Waals surface area (Å²) in [6.45, 7) is 6.37. The molecule has 0 spiro atoms. The number of nitrogens with two attached hydrogens (primary N) is 1. The number of nitrogens with zero attached hydrogens (tertiary/aromatic N) is 4. The first-order valence-electron chi connectivity index (χ1n) is 5.16. The summed E-state index contributed by atoms with van der Waals surface area (Å²) in [5.41, 5.74) is 6.71. The van der Waals surface area contributed by atoms with Gasteiger partial charge in [0, 0.05) is 43.8 Å². The van der Waals surface area contributed by atoms with Crippen LogP contribution < -0.4 is 5.73 Å². The molecule has 1 unspecified atom stereocenters. The first-order valence-corrected chi connectivity index (χ1v) is 5.93. The molecule has 1 aliphatic heterocycles. The van der Waals surface area contributed by atoms with Crippen LogP contribution in [-0.4, -0.2) is 52.1 Å². The maximum absolute atomic E-state index is 5.79. The highest BCUT2D eigenvalue weighted by molar-refractivity contribution is 7.09. The maximum Gasteiger partial charge on any atom is 0.132 e. The molecule has 2 rings (SSSR count). The topological polar surface area (TPSA) is 58.3 Å². The van der Waals surface area contributed by atoms with Gasteiger partial charge in [-0.15, -0.1) is 5.10 Å². The van der Waals surface area contributed by atoms with Crippen molar-refractivity contribution in [3.05, 3.63) is 5.69 Å². The van der Waals surface area contributed by atoms with Gasteiger partial charge in [-0.2, -0.15) is 0 Å². The smallest absolute Gasteiger partial charge is 0.132 e. The van der Waals surface area contributed by atoms with Gasteiger partial charge < -0.3 is 10.6 Å². The number of hydrogen-bond acceptors (Lipinski definition) is 6. The highest BCUT2D eigenvalue weighted by Crippen LogP contribution is 2.17. The van der Waals surface area contributed by atoms with Crippen molar-refractivity contribution in [1.82, 2.24) is 19.4 Å². The summed E-state index contributed by atoms with van der Waals surface area (Å²) in [4.78, 5) is 4.76. The average molecular weight is 227 g/mol. The van der Waals surface area contributed by atoms with E-state index in [9.17, 15) is 0 Å². The van der Waals surface area contributed by atoms with E-state index < -0.39 is 0 Å². The van der Waals surface area contributed by atoms with Gasteiger partial charge in [-0.3, -0.25) is 4.90 Å². The summed E-state index contributed by atoms with van der Waals surface area (Å²) in [6, 6.07) is 0.560. The Morgan fingerprint density at radius 2 is 2.33 bits per heavy atom. The monoisotopic (exact) mass is 227 g/mol. The lowest BCUT2D eigenvalue weighted by Crippen LogP contribution is -2.49. The van der Waals surface area contributed by atoms with Gasteiger partial charge in [-0.1, -0.05) is 4.49 Å². The van der Waals surface area contributed by atoms with Gasteiger partial charge in [0.15, 0.2) is 0 Å². The Hall–Kier alpha value is -0.720. The minimum absolute atomic E-state index is 0.560. The van der Waals surface area contributed by atoms with E-state index in [1.54, 1.807) is 0 Å². The van der Waals surface area contributed by atoms with Gasteiger partial charge in [0.05, 0.1) is 0 Å². The van der Waals surface area contributed by atoms with Crippen molar-refractivity contribution in [1.29, 1.82) is 0 Å². The number of anilines is 1. The quantitative estimate of drug-likeness (QED) is 0.785. The zero-order chi connectivity index (χ0) is 10.8. The Kier molecular flexibility index (Phi) is 3.18. The van der Waals surface area contributed by atoms with Crippen LogP contribution in [0.1, 0.15) is 12.6 Å². The zero-order valence-corrected chi connectivity index (χ0v) is 10.00. The van der Waals surface area contributed by atoms with Crippen molar-refractivity contribution in [3.63, 3.8) is 0 Å². The number of hydrogen-bond donors (Lipinski definition) is 1. The van der Waals surface area contributed by atoms with E-state index in [2.05, 4.69) is 33.4 Å². The van der Waals surface area contributed by atoms with Crippen LogP contribution >= 0.6 is 11.5 Å². The van der Waals surface area contributed by atoms with Gasteiger partial charge in [0.1, 0.15) is 10.7 Å². The summed E-state index contributed by atoms with van der Waals surface area (Å²) in [7, 11) is 2.16. The van der Waals surface area contributed by atoms with Crippen LogP contribution in [0.3, 0.4) is 0 Å². The molecule has 1 atom stereocenters. The molecule has 15 heavy (non-hydrogen) atoms. The number of nitrogen functional groups attached to an aromatic ring is 1. The number of likely N-dealkylation sites (N-methyl/N-ethyl adjacent to an activating group) is 1. The van der Waals surface area contributed by atoms with E-state index >= 15 is 0 Å². The minimum atomic E-state index is 0.560. The maximum atomic E-state index is 5.79. The van der Waals surface area contributed by atoms with Crippen LogP contribution in [0.25, 0.3) is 0 Å². The number of aromatic nitrogens is 2. The molecule has 1 aromatic heterocycles. The third-order valence-corrected chi connectivity index (χ3v) is 3.50. The van der Waals surface area contributed by atoms with Crippen LogP contribution in [0.15, 0.2) is 0 Å². The second kappa shape index (κ2) is 4.42. The molecule has 0 radical (unpaired) electrons. The van der Waals surface area contributed by atoms with E-state index in [1.807, 2.05) is 0 Å². The predicted molar refractivity (Wildman–Crippen MR) is 61.7 cm³/mol. The molecule has 0 saturated carbocycles. The Bertz CT molecular complexity index is 326. The third-order valence-electron chi connectivity index (χ3n) is 2.91. The van der Waals surface area contributed by atoms with E-state index in [0.29, 0.717) is 6.04 Å². The Balaban J connectivity index is 1.98. The van der Waals surface area contributed by atoms with Crippen molar-refractivity contribution < 1.29 is 0 Å². The van der Waals surface area contributed by atoms with E-state index in [4.69, 9.17) is 5.73 Å². The minimum Gasteiger partial charge on any atom is -0.388 e. The first kappa shape index (κ1) is 10.8. The van der Waals surface area contributed by atoms with Crippen LogP contribution in [-0.2, 0) is 6.54 Å². The SMILES string of the molecule is CC1CN(C)CCN1Cc1nnsc1N. The highest BCUT2D eigenvalue weighted by atomic mass is 32.1. The first-order chi connectivity index (χ1) is 7.16. The molecular weight excluding hydrogens is 210 g/mol. The number of rotatable bonds is 2. The summed E-state index contributed by atoms with van der Waals surface area (Å²) in [6.07, 6.45) is 0.